The maximum atomic E-state index is 14.6. The molecule has 1 saturated carbocycles. The van der Waals surface area contributed by atoms with Crippen LogP contribution in [-0.4, -0.2) is 46.1 Å². The van der Waals surface area contributed by atoms with E-state index in [9.17, 15) is 4.39 Å². The van der Waals surface area contributed by atoms with E-state index in [0.717, 1.165) is 82.2 Å². The average molecular weight is 468 g/mol. The molecule has 2 fully saturated rings. The fraction of sp³-hybridized carbons (Fsp3) is 0.333. The van der Waals surface area contributed by atoms with Gasteiger partial charge in [-0.3, -0.25) is 9.97 Å². The summed E-state index contributed by atoms with van der Waals surface area (Å²) in [6.45, 7) is 1.65. The lowest BCUT2D eigenvalue weighted by Crippen LogP contribution is -2.30. The topological polar surface area (TPSA) is 92.8 Å². The van der Waals surface area contributed by atoms with Crippen LogP contribution in [-0.2, 0) is 12.8 Å². The van der Waals surface area contributed by atoms with Crippen LogP contribution in [0.1, 0.15) is 35.5 Å². The first-order valence-electron chi connectivity index (χ1n) is 12.1. The number of nitrogens with one attached hydrogen (secondary N) is 1. The number of fused-ring (bicyclic) bond motifs is 4. The van der Waals surface area contributed by atoms with Gasteiger partial charge in [0.2, 0.25) is 0 Å². The molecule has 0 amide bonds. The molecule has 0 unspecified atom stereocenters. The van der Waals surface area contributed by atoms with Crippen LogP contribution < -0.4 is 16.0 Å². The average Bonchev–Trinajstić information content (AvgIpc) is 3.45. The zero-order chi connectivity index (χ0) is 23.7. The third-order valence-electron chi connectivity index (χ3n) is 7.88. The Morgan fingerprint density at radius 2 is 2.06 bits per heavy atom. The van der Waals surface area contributed by atoms with Crippen molar-refractivity contribution in [3.63, 3.8) is 0 Å². The molecular weight excluding hydrogens is 441 g/mol. The van der Waals surface area contributed by atoms with Gasteiger partial charge in [-0.05, 0) is 59.9 Å². The summed E-state index contributed by atoms with van der Waals surface area (Å²) in [5, 5.41) is 3.16. The third-order valence-corrected chi connectivity index (χ3v) is 7.88. The SMILES string of the molecule is CNc1cc(F)cc2c1Cc1nc(Cc3cnc4cccnc4c3)nc(N3C[C@H](N)C4(CC4)C3)c1-2. The number of anilines is 2. The van der Waals surface area contributed by atoms with Gasteiger partial charge < -0.3 is 16.0 Å². The predicted octanol–water partition coefficient (Wildman–Crippen LogP) is 3.69. The van der Waals surface area contributed by atoms with Crippen molar-refractivity contribution in [2.45, 2.75) is 31.7 Å². The second kappa shape index (κ2) is 7.42. The Hall–Kier alpha value is -3.65. The number of halogens is 1. The van der Waals surface area contributed by atoms with Crippen molar-refractivity contribution in [1.29, 1.82) is 0 Å². The minimum absolute atomic E-state index is 0.133. The van der Waals surface area contributed by atoms with E-state index < -0.39 is 0 Å². The zero-order valence-corrected chi connectivity index (χ0v) is 19.6. The highest BCUT2D eigenvalue weighted by molar-refractivity contribution is 5.88. The van der Waals surface area contributed by atoms with E-state index in [2.05, 4.69) is 20.2 Å². The molecule has 1 aliphatic heterocycles. The van der Waals surface area contributed by atoms with Crippen molar-refractivity contribution in [2.24, 2.45) is 11.1 Å². The minimum Gasteiger partial charge on any atom is -0.388 e. The second-order valence-corrected chi connectivity index (χ2v) is 10.1. The molecule has 1 saturated heterocycles. The predicted molar refractivity (Wildman–Crippen MR) is 134 cm³/mol. The number of nitrogens with two attached hydrogens (primary N) is 1. The molecule has 35 heavy (non-hydrogen) atoms. The van der Waals surface area contributed by atoms with Gasteiger partial charge in [0, 0.05) is 68.1 Å². The van der Waals surface area contributed by atoms with Crippen molar-refractivity contribution in [3.05, 3.63) is 71.2 Å². The molecule has 0 radical (unpaired) electrons. The van der Waals surface area contributed by atoms with E-state index in [0.29, 0.717) is 12.8 Å². The van der Waals surface area contributed by atoms with E-state index in [-0.39, 0.29) is 17.3 Å². The van der Waals surface area contributed by atoms with Gasteiger partial charge in [0.1, 0.15) is 17.5 Å². The molecule has 0 bridgehead atoms. The smallest absolute Gasteiger partial charge is 0.140 e. The zero-order valence-electron chi connectivity index (χ0n) is 19.6. The molecule has 1 aromatic carbocycles. The Labute approximate surface area is 202 Å². The summed E-state index contributed by atoms with van der Waals surface area (Å²) in [5.74, 6) is 1.35. The Morgan fingerprint density at radius 1 is 1.17 bits per heavy atom. The molecule has 8 heteroatoms. The molecule has 176 valence electrons. The van der Waals surface area contributed by atoms with E-state index in [1.165, 1.54) is 0 Å². The molecule has 1 spiro atoms. The van der Waals surface area contributed by atoms with Gasteiger partial charge in [0.25, 0.3) is 0 Å². The van der Waals surface area contributed by atoms with Crippen molar-refractivity contribution in [1.82, 2.24) is 19.9 Å². The number of benzene rings is 1. The Morgan fingerprint density at radius 3 is 2.86 bits per heavy atom. The molecule has 7 rings (SSSR count). The van der Waals surface area contributed by atoms with Crippen LogP contribution in [0.3, 0.4) is 0 Å². The fourth-order valence-electron chi connectivity index (χ4n) is 5.81. The summed E-state index contributed by atoms with van der Waals surface area (Å²) < 4.78 is 14.6. The lowest BCUT2D eigenvalue weighted by molar-refractivity contribution is 0.499. The van der Waals surface area contributed by atoms with Crippen LogP contribution in [0, 0.1) is 11.2 Å². The first-order valence-corrected chi connectivity index (χ1v) is 12.1. The molecule has 3 aliphatic rings. The van der Waals surface area contributed by atoms with E-state index in [1.54, 1.807) is 18.3 Å². The van der Waals surface area contributed by atoms with Crippen LogP contribution in [0.25, 0.3) is 22.2 Å². The number of nitrogens with zero attached hydrogens (tertiary/aromatic N) is 5. The minimum atomic E-state index is -0.262. The number of hydrogen-bond acceptors (Lipinski definition) is 7. The normalized spacial score (nSPS) is 19.3. The lowest BCUT2D eigenvalue weighted by Gasteiger charge is -2.22. The Kier molecular flexibility index (Phi) is 4.39. The highest BCUT2D eigenvalue weighted by atomic mass is 19.1. The van der Waals surface area contributed by atoms with Gasteiger partial charge in [0.15, 0.2) is 0 Å². The van der Waals surface area contributed by atoms with Gasteiger partial charge in [-0.25, -0.2) is 14.4 Å². The fourth-order valence-corrected chi connectivity index (χ4v) is 5.81. The van der Waals surface area contributed by atoms with E-state index in [4.69, 9.17) is 15.7 Å². The molecule has 1 atom stereocenters. The van der Waals surface area contributed by atoms with Crippen LogP contribution in [0.2, 0.25) is 0 Å². The summed E-state index contributed by atoms with van der Waals surface area (Å²) in [6, 6.07) is 9.20. The van der Waals surface area contributed by atoms with Crippen LogP contribution >= 0.6 is 0 Å². The maximum absolute atomic E-state index is 14.6. The molecule has 3 N–H and O–H groups in total. The first kappa shape index (κ1) is 20.7. The summed E-state index contributed by atoms with van der Waals surface area (Å²) >= 11 is 0. The molecule has 4 aromatic rings. The number of hydrogen-bond donors (Lipinski definition) is 2. The highest BCUT2D eigenvalue weighted by Gasteiger charge is 2.54. The standard InChI is InChI=1S/C27H26FN7/c1-30-20-10-16(28)9-18-17(20)11-22-25(18)26(35-13-23(29)27(14-35)4-5-27)34-24(33-22)8-15-7-21-19(32-12-15)3-2-6-31-21/h2-3,6-7,9-10,12,23,30H,4-5,8,11,13-14,29H2,1H3/t23-/m0/s1. The summed E-state index contributed by atoms with van der Waals surface area (Å²) in [4.78, 5) is 21.4. The molecule has 7 nitrogen and oxygen atoms in total. The van der Waals surface area contributed by atoms with Gasteiger partial charge >= 0.3 is 0 Å². The van der Waals surface area contributed by atoms with Crippen LogP contribution in [0.5, 0.6) is 0 Å². The second-order valence-electron chi connectivity index (χ2n) is 10.1. The summed E-state index contributed by atoms with van der Waals surface area (Å²) in [7, 11) is 1.83. The third kappa shape index (κ3) is 3.27. The van der Waals surface area contributed by atoms with Crippen LogP contribution in [0.15, 0.2) is 42.7 Å². The largest absolute Gasteiger partial charge is 0.388 e. The molecule has 3 aromatic heterocycles. The van der Waals surface area contributed by atoms with Crippen LogP contribution in [0.4, 0.5) is 15.9 Å². The van der Waals surface area contributed by atoms with Gasteiger partial charge in [0.05, 0.1) is 16.7 Å². The first-order chi connectivity index (χ1) is 17.0. The van der Waals surface area contributed by atoms with Crippen molar-refractivity contribution in [3.8, 4) is 11.1 Å². The van der Waals surface area contributed by atoms with E-state index in [1.807, 2.05) is 31.4 Å². The van der Waals surface area contributed by atoms with Crippen molar-refractivity contribution >= 4 is 22.5 Å². The van der Waals surface area contributed by atoms with Crippen molar-refractivity contribution < 1.29 is 4.39 Å². The molecular formula is C27H26FN7. The number of pyridine rings is 2. The lowest BCUT2D eigenvalue weighted by atomic mass is 10.0. The summed E-state index contributed by atoms with van der Waals surface area (Å²) in [5.41, 5.74) is 14.1. The van der Waals surface area contributed by atoms with Gasteiger partial charge in [-0.15, -0.1) is 0 Å². The Bertz CT molecular complexity index is 1500. The summed E-state index contributed by atoms with van der Waals surface area (Å²) in [6.07, 6.45) is 7.16. The quantitative estimate of drug-likeness (QED) is 0.416. The Balaban J connectivity index is 1.34. The monoisotopic (exact) mass is 467 g/mol. The molecule has 2 aliphatic carbocycles. The van der Waals surface area contributed by atoms with E-state index >= 15 is 0 Å². The number of rotatable bonds is 4. The highest BCUT2D eigenvalue weighted by Crippen LogP contribution is 2.54. The number of aromatic nitrogens is 4. The van der Waals surface area contributed by atoms with Gasteiger partial charge in [-0.2, -0.15) is 0 Å². The molecule has 4 heterocycles. The van der Waals surface area contributed by atoms with Gasteiger partial charge in [-0.1, -0.05) is 0 Å². The maximum Gasteiger partial charge on any atom is 0.140 e. The van der Waals surface area contributed by atoms with Crippen molar-refractivity contribution in [2.75, 3.05) is 30.4 Å².